The molecular weight excluding hydrogens is 318 g/mol. The number of hydrogen-bond donors (Lipinski definition) is 1. The zero-order valence-electron chi connectivity index (χ0n) is 14.2. The Morgan fingerprint density at radius 3 is 2.96 bits per heavy atom. The molecule has 0 saturated carbocycles. The number of carbonyl (C=O) groups is 1. The van der Waals surface area contributed by atoms with E-state index in [2.05, 4.69) is 29.6 Å². The van der Waals surface area contributed by atoms with Gasteiger partial charge in [0, 0.05) is 17.6 Å². The van der Waals surface area contributed by atoms with Crippen molar-refractivity contribution in [1.29, 1.82) is 0 Å². The molecule has 2 atom stereocenters. The molecule has 0 spiro atoms. The van der Waals surface area contributed by atoms with Crippen LogP contribution in [0.15, 0.2) is 36.4 Å². The normalized spacial score (nSPS) is 22.9. The molecule has 132 valence electrons. The van der Waals surface area contributed by atoms with E-state index in [4.69, 9.17) is 14.2 Å². The van der Waals surface area contributed by atoms with Crippen LogP contribution in [0.4, 0.5) is 0 Å². The van der Waals surface area contributed by atoms with Gasteiger partial charge in [-0.25, -0.2) is 0 Å². The van der Waals surface area contributed by atoms with Gasteiger partial charge in [0.15, 0.2) is 0 Å². The highest BCUT2D eigenvalue weighted by Gasteiger charge is 2.24. The minimum Gasteiger partial charge on any atom is -0.493 e. The van der Waals surface area contributed by atoms with Gasteiger partial charge in [0.05, 0.1) is 25.4 Å². The molecule has 2 heterocycles. The van der Waals surface area contributed by atoms with E-state index in [1.165, 1.54) is 0 Å². The molecule has 25 heavy (non-hydrogen) atoms. The lowest BCUT2D eigenvalue weighted by atomic mass is 9.98. The van der Waals surface area contributed by atoms with Gasteiger partial charge in [0.25, 0.3) is 0 Å². The third kappa shape index (κ3) is 3.62. The van der Waals surface area contributed by atoms with Gasteiger partial charge in [-0.1, -0.05) is 36.4 Å². The highest BCUT2D eigenvalue weighted by molar-refractivity contribution is 5.90. The van der Waals surface area contributed by atoms with Crippen molar-refractivity contribution in [3.63, 3.8) is 0 Å². The Morgan fingerprint density at radius 1 is 1.16 bits per heavy atom. The Hall–Kier alpha value is -2.11. The van der Waals surface area contributed by atoms with Crippen LogP contribution in [0.25, 0.3) is 10.8 Å². The first-order valence-corrected chi connectivity index (χ1v) is 8.94. The predicted molar refractivity (Wildman–Crippen MR) is 94.7 cm³/mol. The Bertz CT molecular complexity index is 754. The fourth-order valence-corrected chi connectivity index (χ4v) is 3.54. The molecule has 2 aliphatic rings. The predicted octanol–water partition coefficient (Wildman–Crippen LogP) is 2.98. The monoisotopic (exact) mass is 341 g/mol. The van der Waals surface area contributed by atoms with E-state index in [1.54, 1.807) is 0 Å². The number of hydrogen-bond acceptors (Lipinski definition) is 4. The van der Waals surface area contributed by atoms with Crippen molar-refractivity contribution in [2.45, 2.75) is 31.4 Å². The van der Waals surface area contributed by atoms with Crippen LogP contribution in [0.5, 0.6) is 5.75 Å². The Balaban J connectivity index is 1.50. The largest absolute Gasteiger partial charge is 0.493 e. The molecule has 1 amide bonds. The molecule has 5 heteroatoms. The van der Waals surface area contributed by atoms with Gasteiger partial charge < -0.3 is 19.5 Å². The van der Waals surface area contributed by atoms with Crippen molar-refractivity contribution < 1.29 is 19.0 Å². The summed E-state index contributed by atoms with van der Waals surface area (Å²) in [7, 11) is 0. The first-order chi connectivity index (χ1) is 12.3. The lowest BCUT2D eigenvalue weighted by molar-refractivity contribution is -0.128. The minimum atomic E-state index is -0.0853. The number of amides is 1. The van der Waals surface area contributed by atoms with E-state index in [1.807, 2.05) is 12.1 Å². The highest BCUT2D eigenvalue weighted by Crippen LogP contribution is 2.37. The Kier molecular flexibility index (Phi) is 4.85. The van der Waals surface area contributed by atoms with Crippen LogP contribution in [0.3, 0.4) is 0 Å². The molecular formula is C20H23NO4. The SMILES string of the molecule is O=C(CO[C@@H]1CCOC1)N[C@H]1CCCOc2c1ccc1ccccc21. The molecule has 2 aliphatic heterocycles. The molecule has 4 rings (SSSR count). The van der Waals surface area contributed by atoms with Crippen molar-refractivity contribution >= 4 is 16.7 Å². The second-order valence-electron chi connectivity index (χ2n) is 6.61. The lowest BCUT2D eigenvalue weighted by Gasteiger charge is -2.20. The third-order valence-electron chi connectivity index (χ3n) is 4.84. The molecule has 0 bridgehead atoms. The summed E-state index contributed by atoms with van der Waals surface area (Å²) in [5.41, 5.74) is 1.05. The molecule has 0 radical (unpaired) electrons. The molecule has 0 aromatic heterocycles. The maximum Gasteiger partial charge on any atom is 0.246 e. The maximum atomic E-state index is 12.3. The smallest absolute Gasteiger partial charge is 0.246 e. The van der Waals surface area contributed by atoms with Crippen LogP contribution >= 0.6 is 0 Å². The second-order valence-corrected chi connectivity index (χ2v) is 6.61. The summed E-state index contributed by atoms with van der Waals surface area (Å²) in [5, 5.41) is 5.37. The molecule has 1 N–H and O–H groups in total. The standard InChI is InChI=1S/C20H23NO4/c22-19(13-25-15-9-11-23-12-15)21-18-6-3-10-24-20-16-5-2-1-4-14(16)7-8-17(18)20/h1-2,4-5,7-8,15,18H,3,6,9-13H2,(H,21,22)/t15-,18+/m1/s1. The molecule has 2 aromatic carbocycles. The molecule has 0 aliphatic carbocycles. The van der Waals surface area contributed by atoms with E-state index in [9.17, 15) is 4.79 Å². The number of fused-ring (bicyclic) bond motifs is 3. The van der Waals surface area contributed by atoms with E-state index < -0.39 is 0 Å². The van der Waals surface area contributed by atoms with Crippen LogP contribution in [0.2, 0.25) is 0 Å². The van der Waals surface area contributed by atoms with Gasteiger partial charge in [-0.15, -0.1) is 0 Å². The molecule has 1 saturated heterocycles. The van der Waals surface area contributed by atoms with E-state index in [0.717, 1.165) is 41.3 Å². The van der Waals surface area contributed by atoms with Crippen LogP contribution in [0.1, 0.15) is 30.9 Å². The van der Waals surface area contributed by atoms with Gasteiger partial charge in [-0.05, 0) is 24.6 Å². The number of rotatable bonds is 4. The van der Waals surface area contributed by atoms with Gasteiger partial charge in [-0.2, -0.15) is 0 Å². The zero-order valence-corrected chi connectivity index (χ0v) is 14.2. The van der Waals surface area contributed by atoms with E-state index >= 15 is 0 Å². The summed E-state index contributed by atoms with van der Waals surface area (Å²) in [4.78, 5) is 12.3. The molecule has 1 fully saturated rings. The number of carbonyl (C=O) groups excluding carboxylic acids is 1. The summed E-state index contributed by atoms with van der Waals surface area (Å²) in [5.74, 6) is 0.809. The van der Waals surface area contributed by atoms with Crippen molar-refractivity contribution in [3.8, 4) is 5.75 Å². The van der Waals surface area contributed by atoms with Crippen LogP contribution in [0, 0.1) is 0 Å². The van der Waals surface area contributed by atoms with Crippen molar-refractivity contribution in [3.05, 3.63) is 42.0 Å². The van der Waals surface area contributed by atoms with Gasteiger partial charge in [-0.3, -0.25) is 4.79 Å². The van der Waals surface area contributed by atoms with Crippen LogP contribution < -0.4 is 10.1 Å². The van der Waals surface area contributed by atoms with Crippen molar-refractivity contribution in [1.82, 2.24) is 5.32 Å². The number of ether oxygens (including phenoxy) is 3. The number of nitrogens with one attached hydrogen (secondary N) is 1. The Morgan fingerprint density at radius 2 is 2.08 bits per heavy atom. The summed E-state index contributed by atoms with van der Waals surface area (Å²) < 4.78 is 16.9. The quantitative estimate of drug-likeness (QED) is 0.929. The van der Waals surface area contributed by atoms with Gasteiger partial charge in [0.2, 0.25) is 5.91 Å². The molecule has 0 unspecified atom stereocenters. The first-order valence-electron chi connectivity index (χ1n) is 8.94. The van der Waals surface area contributed by atoms with Crippen molar-refractivity contribution in [2.24, 2.45) is 0 Å². The van der Waals surface area contributed by atoms with Gasteiger partial charge >= 0.3 is 0 Å². The van der Waals surface area contributed by atoms with Crippen molar-refractivity contribution in [2.75, 3.05) is 26.4 Å². The first kappa shape index (κ1) is 16.4. The minimum absolute atomic E-state index is 0.0412. The fourth-order valence-electron chi connectivity index (χ4n) is 3.54. The van der Waals surface area contributed by atoms with Crippen LogP contribution in [-0.4, -0.2) is 38.4 Å². The van der Waals surface area contributed by atoms with E-state index in [0.29, 0.717) is 19.8 Å². The summed E-state index contributed by atoms with van der Waals surface area (Å²) in [6, 6.07) is 12.3. The molecule has 5 nitrogen and oxygen atoms in total. The average molecular weight is 341 g/mol. The number of benzene rings is 2. The Labute approximate surface area is 147 Å². The maximum absolute atomic E-state index is 12.3. The summed E-state index contributed by atoms with van der Waals surface area (Å²) in [6.07, 6.45) is 2.67. The average Bonchev–Trinajstić information content (AvgIpc) is 3.08. The zero-order chi connectivity index (χ0) is 17.1. The summed E-state index contributed by atoms with van der Waals surface area (Å²) >= 11 is 0. The topological polar surface area (TPSA) is 56.8 Å². The highest BCUT2D eigenvalue weighted by atomic mass is 16.5. The summed E-state index contributed by atoms with van der Waals surface area (Å²) in [6.45, 7) is 2.05. The second kappa shape index (κ2) is 7.42. The van der Waals surface area contributed by atoms with E-state index in [-0.39, 0.29) is 24.7 Å². The fraction of sp³-hybridized carbons (Fsp3) is 0.450. The van der Waals surface area contributed by atoms with Crippen LogP contribution in [-0.2, 0) is 14.3 Å². The molecule has 2 aromatic rings. The third-order valence-corrected chi connectivity index (χ3v) is 4.84. The van der Waals surface area contributed by atoms with Gasteiger partial charge in [0.1, 0.15) is 12.4 Å². The lowest BCUT2D eigenvalue weighted by Crippen LogP contribution is -2.33.